The van der Waals surface area contributed by atoms with E-state index in [1.54, 1.807) is 13.4 Å². The average molecular weight is 204 g/mol. The fraction of sp³-hybridized carbons (Fsp3) is 0.200. The molecule has 1 unspecified atom stereocenters. The highest BCUT2D eigenvalue weighted by Gasteiger charge is 2.14. The quantitative estimate of drug-likeness (QED) is 0.658. The van der Waals surface area contributed by atoms with E-state index in [2.05, 4.69) is 15.3 Å². The normalized spacial score (nSPS) is 12.7. The lowest BCUT2D eigenvalue weighted by atomic mass is 10.1. The standard InChI is InChI=1S/C10H12N4O/c1-12-10(15)9(11)6-2-3-7-8(4-6)14-5-13-7/h2-5,9H,11H2,1H3,(H,12,15)(H,13,14). The molecular formula is C10H12N4O. The van der Waals surface area contributed by atoms with E-state index < -0.39 is 6.04 Å². The zero-order valence-corrected chi connectivity index (χ0v) is 8.32. The predicted molar refractivity (Wildman–Crippen MR) is 57.1 cm³/mol. The number of hydrogen-bond acceptors (Lipinski definition) is 3. The number of aromatic nitrogens is 2. The molecule has 15 heavy (non-hydrogen) atoms. The maximum absolute atomic E-state index is 11.3. The third-order valence-corrected chi connectivity index (χ3v) is 2.33. The van der Waals surface area contributed by atoms with Crippen LogP contribution in [0.3, 0.4) is 0 Å². The van der Waals surface area contributed by atoms with Crippen LogP contribution in [-0.4, -0.2) is 22.9 Å². The molecule has 0 aliphatic heterocycles. The number of fused-ring (bicyclic) bond motifs is 1. The summed E-state index contributed by atoms with van der Waals surface area (Å²) in [5.74, 6) is -0.200. The summed E-state index contributed by atoms with van der Waals surface area (Å²) in [5, 5.41) is 2.52. The second kappa shape index (κ2) is 3.70. The second-order valence-electron chi connectivity index (χ2n) is 3.27. The smallest absolute Gasteiger partial charge is 0.241 e. The van der Waals surface area contributed by atoms with E-state index in [9.17, 15) is 4.79 Å². The fourth-order valence-electron chi connectivity index (χ4n) is 1.45. The molecule has 5 heteroatoms. The van der Waals surface area contributed by atoms with Crippen LogP contribution in [0.2, 0.25) is 0 Å². The van der Waals surface area contributed by atoms with Crippen LogP contribution < -0.4 is 11.1 Å². The number of benzene rings is 1. The fourth-order valence-corrected chi connectivity index (χ4v) is 1.45. The van der Waals surface area contributed by atoms with Crippen LogP contribution in [0.4, 0.5) is 0 Å². The van der Waals surface area contributed by atoms with Crippen molar-refractivity contribution in [2.75, 3.05) is 7.05 Å². The van der Waals surface area contributed by atoms with Gasteiger partial charge in [0.15, 0.2) is 0 Å². The molecule has 2 aromatic rings. The Labute approximate surface area is 86.7 Å². The van der Waals surface area contributed by atoms with Gasteiger partial charge in [-0.2, -0.15) is 0 Å². The number of amides is 1. The number of nitrogens with two attached hydrogens (primary N) is 1. The largest absolute Gasteiger partial charge is 0.358 e. The summed E-state index contributed by atoms with van der Waals surface area (Å²) >= 11 is 0. The summed E-state index contributed by atoms with van der Waals surface area (Å²) in [6, 6.07) is 4.85. The molecule has 1 heterocycles. The lowest BCUT2D eigenvalue weighted by molar-refractivity contribution is -0.121. The third-order valence-electron chi connectivity index (χ3n) is 2.33. The van der Waals surface area contributed by atoms with Gasteiger partial charge in [-0.15, -0.1) is 0 Å². The Balaban J connectivity index is 2.39. The van der Waals surface area contributed by atoms with E-state index >= 15 is 0 Å². The molecule has 1 atom stereocenters. The molecule has 4 N–H and O–H groups in total. The molecule has 0 aliphatic rings. The van der Waals surface area contributed by atoms with Gasteiger partial charge in [-0.05, 0) is 17.7 Å². The van der Waals surface area contributed by atoms with Crippen molar-refractivity contribution in [3.63, 3.8) is 0 Å². The van der Waals surface area contributed by atoms with E-state index in [0.29, 0.717) is 0 Å². The molecule has 78 valence electrons. The zero-order chi connectivity index (χ0) is 10.8. The number of H-pyrrole nitrogens is 1. The monoisotopic (exact) mass is 204 g/mol. The molecule has 2 rings (SSSR count). The highest BCUT2D eigenvalue weighted by molar-refractivity contribution is 5.84. The summed E-state index contributed by atoms with van der Waals surface area (Å²) in [5.41, 5.74) is 8.28. The van der Waals surface area contributed by atoms with Crippen LogP contribution in [-0.2, 0) is 4.79 Å². The zero-order valence-electron chi connectivity index (χ0n) is 8.32. The Morgan fingerprint density at radius 1 is 1.60 bits per heavy atom. The molecule has 5 nitrogen and oxygen atoms in total. The van der Waals surface area contributed by atoms with Crippen LogP contribution in [0.25, 0.3) is 11.0 Å². The van der Waals surface area contributed by atoms with Gasteiger partial charge in [0.2, 0.25) is 5.91 Å². The minimum atomic E-state index is -0.636. The summed E-state index contributed by atoms with van der Waals surface area (Å²) in [7, 11) is 1.57. The van der Waals surface area contributed by atoms with Crippen molar-refractivity contribution < 1.29 is 4.79 Å². The summed E-state index contributed by atoms with van der Waals surface area (Å²) in [6.45, 7) is 0. The first-order valence-electron chi connectivity index (χ1n) is 4.62. The van der Waals surface area contributed by atoms with Crippen molar-refractivity contribution in [2.24, 2.45) is 5.73 Å². The van der Waals surface area contributed by atoms with Gasteiger partial charge in [0.25, 0.3) is 0 Å². The number of nitrogens with one attached hydrogen (secondary N) is 2. The van der Waals surface area contributed by atoms with E-state index in [4.69, 9.17) is 5.73 Å². The Bertz CT molecular complexity index is 491. The van der Waals surface area contributed by atoms with Crippen molar-refractivity contribution >= 4 is 16.9 Å². The lowest BCUT2D eigenvalue weighted by Gasteiger charge is -2.09. The van der Waals surface area contributed by atoms with Crippen molar-refractivity contribution in [1.29, 1.82) is 0 Å². The molecule has 1 aromatic carbocycles. The summed E-state index contributed by atoms with van der Waals surface area (Å²) < 4.78 is 0. The maximum atomic E-state index is 11.3. The van der Waals surface area contributed by atoms with Crippen LogP contribution in [0, 0.1) is 0 Å². The molecule has 0 radical (unpaired) electrons. The van der Waals surface area contributed by atoms with Crippen molar-refractivity contribution in [3.8, 4) is 0 Å². The van der Waals surface area contributed by atoms with Crippen molar-refractivity contribution in [2.45, 2.75) is 6.04 Å². The van der Waals surface area contributed by atoms with E-state index in [0.717, 1.165) is 16.6 Å². The Kier molecular flexibility index (Phi) is 2.39. The SMILES string of the molecule is CNC(=O)C(N)c1ccc2nc[nH]c2c1. The van der Waals surface area contributed by atoms with Gasteiger partial charge in [-0.1, -0.05) is 6.07 Å². The first-order valence-corrected chi connectivity index (χ1v) is 4.62. The number of aromatic amines is 1. The first kappa shape index (κ1) is 9.67. The average Bonchev–Trinajstić information content (AvgIpc) is 2.73. The lowest BCUT2D eigenvalue weighted by Crippen LogP contribution is -2.31. The topological polar surface area (TPSA) is 83.8 Å². The number of carbonyl (C=O) groups is 1. The van der Waals surface area contributed by atoms with E-state index in [-0.39, 0.29) is 5.91 Å². The molecular weight excluding hydrogens is 192 g/mol. The Morgan fingerprint density at radius 3 is 3.13 bits per heavy atom. The Hall–Kier alpha value is -1.88. The third kappa shape index (κ3) is 1.69. The van der Waals surface area contributed by atoms with Gasteiger partial charge in [0.1, 0.15) is 6.04 Å². The van der Waals surface area contributed by atoms with Crippen LogP contribution in [0.15, 0.2) is 24.5 Å². The number of hydrogen-bond donors (Lipinski definition) is 3. The van der Waals surface area contributed by atoms with Gasteiger partial charge >= 0.3 is 0 Å². The van der Waals surface area contributed by atoms with Gasteiger partial charge in [-0.25, -0.2) is 4.98 Å². The minimum Gasteiger partial charge on any atom is -0.358 e. The van der Waals surface area contributed by atoms with Gasteiger partial charge in [0.05, 0.1) is 17.4 Å². The van der Waals surface area contributed by atoms with Crippen LogP contribution in [0.5, 0.6) is 0 Å². The highest BCUT2D eigenvalue weighted by Crippen LogP contribution is 2.16. The molecule has 1 amide bonds. The molecule has 0 fully saturated rings. The highest BCUT2D eigenvalue weighted by atomic mass is 16.2. The van der Waals surface area contributed by atoms with E-state index in [1.165, 1.54) is 0 Å². The molecule has 0 spiro atoms. The number of likely N-dealkylation sites (N-methyl/N-ethyl adjacent to an activating group) is 1. The molecule has 1 aromatic heterocycles. The van der Waals surface area contributed by atoms with Gasteiger partial charge in [-0.3, -0.25) is 4.79 Å². The van der Waals surface area contributed by atoms with Gasteiger partial charge < -0.3 is 16.0 Å². The van der Waals surface area contributed by atoms with Crippen molar-refractivity contribution in [1.82, 2.24) is 15.3 Å². The number of carbonyl (C=O) groups excluding carboxylic acids is 1. The molecule has 0 saturated heterocycles. The van der Waals surface area contributed by atoms with Crippen molar-refractivity contribution in [3.05, 3.63) is 30.1 Å². The molecule has 0 bridgehead atoms. The predicted octanol–water partition coefficient (Wildman–Crippen LogP) is 0.309. The van der Waals surface area contributed by atoms with Crippen LogP contribution in [0.1, 0.15) is 11.6 Å². The Morgan fingerprint density at radius 2 is 2.40 bits per heavy atom. The van der Waals surface area contributed by atoms with Gasteiger partial charge in [0, 0.05) is 7.05 Å². The minimum absolute atomic E-state index is 0.200. The van der Waals surface area contributed by atoms with Crippen LogP contribution >= 0.6 is 0 Å². The van der Waals surface area contributed by atoms with E-state index in [1.807, 2.05) is 18.2 Å². The second-order valence-corrected chi connectivity index (χ2v) is 3.27. The number of imidazole rings is 1. The molecule has 0 aliphatic carbocycles. The molecule has 0 saturated carbocycles. The summed E-state index contributed by atoms with van der Waals surface area (Å²) in [6.07, 6.45) is 1.61. The number of rotatable bonds is 2. The first-order chi connectivity index (χ1) is 7.22. The summed E-state index contributed by atoms with van der Waals surface area (Å²) in [4.78, 5) is 18.4. The maximum Gasteiger partial charge on any atom is 0.241 e. The number of nitrogens with zero attached hydrogens (tertiary/aromatic N) is 1.